The first-order valence-electron chi connectivity index (χ1n) is 8.87. The van der Waals surface area contributed by atoms with Crippen LogP contribution in [-0.4, -0.2) is 52.8 Å². The van der Waals surface area contributed by atoms with Crippen molar-refractivity contribution in [3.8, 4) is 0 Å². The fourth-order valence-electron chi connectivity index (χ4n) is 3.86. The molecule has 2 aliphatic heterocycles. The van der Waals surface area contributed by atoms with E-state index in [1.54, 1.807) is 10.9 Å². The largest absolute Gasteiger partial charge is 0.381 e. The van der Waals surface area contributed by atoms with Crippen molar-refractivity contribution in [1.29, 1.82) is 0 Å². The minimum Gasteiger partial charge on any atom is -0.381 e. The zero-order valence-electron chi connectivity index (χ0n) is 14.5. The average molecular weight is 354 g/mol. The summed E-state index contributed by atoms with van der Waals surface area (Å²) < 4.78 is 7.24. The SMILES string of the molecule is NC(=O)c1cnn(C2CN(C(=O)C3(c4ccccc4)CCOCC3)C2)c1. The van der Waals surface area contributed by atoms with Gasteiger partial charge in [-0.05, 0) is 18.4 Å². The maximum Gasteiger partial charge on any atom is 0.251 e. The molecule has 2 N–H and O–H groups in total. The highest BCUT2D eigenvalue weighted by molar-refractivity contribution is 5.92. The Morgan fingerprint density at radius 1 is 1.15 bits per heavy atom. The topological polar surface area (TPSA) is 90.5 Å². The number of likely N-dealkylation sites (tertiary alicyclic amines) is 1. The molecular weight excluding hydrogens is 332 g/mol. The first-order chi connectivity index (χ1) is 12.6. The molecule has 1 aromatic carbocycles. The smallest absolute Gasteiger partial charge is 0.251 e. The Labute approximate surface area is 151 Å². The van der Waals surface area contributed by atoms with E-state index in [4.69, 9.17) is 10.5 Å². The van der Waals surface area contributed by atoms with Crippen molar-refractivity contribution in [2.45, 2.75) is 24.3 Å². The normalized spacial score (nSPS) is 19.8. The summed E-state index contributed by atoms with van der Waals surface area (Å²) in [6.45, 7) is 2.38. The number of hydrogen-bond donors (Lipinski definition) is 1. The molecule has 136 valence electrons. The van der Waals surface area contributed by atoms with Crippen LogP contribution in [0.4, 0.5) is 0 Å². The van der Waals surface area contributed by atoms with Gasteiger partial charge in [-0.1, -0.05) is 30.3 Å². The standard InChI is InChI=1S/C19H22N4O3/c20-17(24)14-10-21-23(11-14)16-12-22(13-16)18(25)19(6-8-26-9-7-19)15-4-2-1-3-5-15/h1-5,10-11,16H,6-9,12-13H2,(H2,20,24). The lowest BCUT2D eigenvalue weighted by Crippen LogP contribution is -2.58. The third-order valence-electron chi connectivity index (χ3n) is 5.49. The Morgan fingerprint density at radius 3 is 2.46 bits per heavy atom. The van der Waals surface area contributed by atoms with Gasteiger partial charge in [0.15, 0.2) is 0 Å². The molecular formula is C19H22N4O3. The van der Waals surface area contributed by atoms with E-state index in [0.29, 0.717) is 44.7 Å². The van der Waals surface area contributed by atoms with Crippen LogP contribution in [0.15, 0.2) is 42.7 Å². The minimum absolute atomic E-state index is 0.0831. The van der Waals surface area contributed by atoms with E-state index in [0.717, 1.165) is 5.56 Å². The summed E-state index contributed by atoms with van der Waals surface area (Å²) in [6, 6.07) is 10.1. The molecule has 0 radical (unpaired) electrons. The Morgan fingerprint density at radius 2 is 1.85 bits per heavy atom. The van der Waals surface area contributed by atoms with Gasteiger partial charge in [0.1, 0.15) is 0 Å². The van der Waals surface area contributed by atoms with Crippen LogP contribution in [0.5, 0.6) is 0 Å². The molecule has 2 saturated heterocycles. The summed E-state index contributed by atoms with van der Waals surface area (Å²) in [4.78, 5) is 26.5. The van der Waals surface area contributed by atoms with Crippen molar-refractivity contribution in [3.05, 3.63) is 53.9 Å². The Hall–Kier alpha value is -2.67. The number of carbonyl (C=O) groups excluding carboxylic acids is 2. The summed E-state index contributed by atoms with van der Waals surface area (Å²) in [7, 11) is 0. The van der Waals surface area contributed by atoms with Gasteiger partial charge < -0.3 is 15.4 Å². The highest BCUT2D eigenvalue weighted by Crippen LogP contribution is 2.38. The number of aromatic nitrogens is 2. The van der Waals surface area contributed by atoms with Gasteiger partial charge in [0.25, 0.3) is 5.91 Å². The van der Waals surface area contributed by atoms with Gasteiger partial charge in [0.05, 0.1) is 23.2 Å². The molecule has 0 spiro atoms. The highest BCUT2D eigenvalue weighted by Gasteiger charge is 2.47. The molecule has 0 aliphatic carbocycles. The van der Waals surface area contributed by atoms with Crippen LogP contribution >= 0.6 is 0 Å². The Balaban J connectivity index is 1.50. The summed E-state index contributed by atoms with van der Waals surface area (Å²) in [5.74, 6) is -0.334. The Bertz CT molecular complexity index is 805. The second-order valence-corrected chi connectivity index (χ2v) is 7.00. The van der Waals surface area contributed by atoms with Crippen LogP contribution < -0.4 is 5.73 Å². The van der Waals surface area contributed by atoms with Gasteiger partial charge in [-0.25, -0.2) is 0 Å². The molecule has 2 amide bonds. The van der Waals surface area contributed by atoms with E-state index in [1.807, 2.05) is 35.2 Å². The van der Waals surface area contributed by atoms with Crippen molar-refractivity contribution in [1.82, 2.24) is 14.7 Å². The van der Waals surface area contributed by atoms with E-state index in [-0.39, 0.29) is 11.9 Å². The summed E-state index contributed by atoms with van der Waals surface area (Å²) in [5, 5.41) is 4.20. The van der Waals surface area contributed by atoms with Crippen LogP contribution in [0.1, 0.15) is 34.8 Å². The zero-order valence-corrected chi connectivity index (χ0v) is 14.5. The van der Waals surface area contributed by atoms with Gasteiger partial charge in [-0.3, -0.25) is 14.3 Å². The predicted molar refractivity (Wildman–Crippen MR) is 94.5 cm³/mol. The van der Waals surface area contributed by atoms with Gasteiger partial charge >= 0.3 is 0 Å². The zero-order chi connectivity index (χ0) is 18.1. The third kappa shape index (κ3) is 2.78. The molecule has 26 heavy (non-hydrogen) atoms. The molecule has 7 heteroatoms. The summed E-state index contributed by atoms with van der Waals surface area (Å²) in [6.07, 6.45) is 4.52. The number of benzene rings is 1. The molecule has 3 heterocycles. The lowest BCUT2D eigenvalue weighted by molar-refractivity contribution is -0.147. The van der Waals surface area contributed by atoms with Gasteiger partial charge in [-0.15, -0.1) is 0 Å². The highest BCUT2D eigenvalue weighted by atomic mass is 16.5. The number of rotatable bonds is 4. The van der Waals surface area contributed by atoms with Crippen LogP contribution in [0.2, 0.25) is 0 Å². The number of nitrogens with zero attached hydrogens (tertiary/aromatic N) is 3. The van der Waals surface area contributed by atoms with E-state index >= 15 is 0 Å². The number of primary amides is 1. The summed E-state index contributed by atoms with van der Waals surface area (Å²) >= 11 is 0. The van der Waals surface area contributed by atoms with Gasteiger partial charge in [-0.2, -0.15) is 5.10 Å². The third-order valence-corrected chi connectivity index (χ3v) is 5.49. The molecule has 0 saturated carbocycles. The van der Waals surface area contributed by atoms with Crippen LogP contribution in [0, 0.1) is 0 Å². The number of ether oxygens (including phenoxy) is 1. The molecule has 1 aromatic heterocycles. The quantitative estimate of drug-likeness (QED) is 0.891. The maximum absolute atomic E-state index is 13.4. The van der Waals surface area contributed by atoms with Crippen LogP contribution in [-0.2, 0) is 14.9 Å². The molecule has 0 atom stereocenters. The first-order valence-corrected chi connectivity index (χ1v) is 8.87. The van der Waals surface area contributed by atoms with E-state index in [9.17, 15) is 9.59 Å². The second-order valence-electron chi connectivity index (χ2n) is 7.00. The fraction of sp³-hybridized carbons (Fsp3) is 0.421. The van der Waals surface area contributed by atoms with E-state index in [2.05, 4.69) is 5.10 Å². The summed E-state index contributed by atoms with van der Waals surface area (Å²) in [5.41, 5.74) is 6.22. The maximum atomic E-state index is 13.4. The van der Waals surface area contributed by atoms with E-state index in [1.165, 1.54) is 6.20 Å². The molecule has 2 fully saturated rings. The molecule has 2 aromatic rings. The Kier molecular flexibility index (Phi) is 4.24. The number of amides is 2. The van der Waals surface area contributed by atoms with Gasteiger partial charge in [0, 0.05) is 32.5 Å². The average Bonchev–Trinajstić information content (AvgIpc) is 3.12. The number of nitrogens with two attached hydrogens (primary N) is 1. The second kappa shape index (κ2) is 6.57. The van der Waals surface area contributed by atoms with E-state index < -0.39 is 11.3 Å². The van der Waals surface area contributed by atoms with Crippen molar-refractivity contribution >= 4 is 11.8 Å². The number of hydrogen-bond acceptors (Lipinski definition) is 4. The van der Waals surface area contributed by atoms with Gasteiger partial charge in [0.2, 0.25) is 5.91 Å². The first kappa shape index (κ1) is 16.8. The van der Waals surface area contributed by atoms with Crippen molar-refractivity contribution in [3.63, 3.8) is 0 Å². The van der Waals surface area contributed by atoms with Crippen LogP contribution in [0.25, 0.3) is 0 Å². The fourth-order valence-corrected chi connectivity index (χ4v) is 3.86. The van der Waals surface area contributed by atoms with Crippen molar-refractivity contribution < 1.29 is 14.3 Å². The number of carbonyl (C=O) groups is 2. The molecule has 0 bridgehead atoms. The predicted octanol–water partition coefficient (Wildman–Crippen LogP) is 1.11. The van der Waals surface area contributed by atoms with Crippen molar-refractivity contribution in [2.75, 3.05) is 26.3 Å². The molecule has 2 aliphatic rings. The van der Waals surface area contributed by atoms with Crippen molar-refractivity contribution in [2.24, 2.45) is 5.73 Å². The van der Waals surface area contributed by atoms with Crippen LogP contribution in [0.3, 0.4) is 0 Å². The molecule has 0 unspecified atom stereocenters. The monoisotopic (exact) mass is 354 g/mol. The lowest BCUT2D eigenvalue weighted by atomic mass is 9.72. The lowest BCUT2D eigenvalue weighted by Gasteiger charge is -2.46. The molecule has 7 nitrogen and oxygen atoms in total. The molecule has 4 rings (SSSR count). The minimum atomic E-state index is -0.507.